The predicted molar refractivity (Wildman–Crippen MR) is 79.2 cm³/mol. The highest BCUT2D eigenvalue weighted by Crippen LogP contribution is 2.26. The number of rotatable bonds is 6. The van der Waals surface area contributed by atoms with E-state index in [0.29, 0.717) is 4.88 Å². The maximum atomic E-state index is 12.8. The summed E-state index contributed by atoms with van der Waals surface area (Å²) in [5.41, 5.74) is 0.736. The van der Waals surface area contributed by atoms with Crippen LogP contribution in [0.3, 0.4) is 0 Å². The molecule has 0 bridgehead atoms. The highest BCUT2D eigenvalue weighted by atomic mass is 32.1. The zero-order valence-electron chi connectivity index (χ0n) is 12.5. The lowest BCUT2D eigenvalue weighted by Crippen LogP contribution is -2.42. The lowest BCUT2D eigenvalue weighted by atomic mass is 10.1. The zero-order valence-corrected chi connectivity index (χ0v) is 13.3. The van der Waals surface area contributed by atoms with Gasteiger partial charge in [-0.2, -0.15) is 0 Å². The van der Waals surface area contributed by atoms with Crippen LogP contribution in [-0.2, 0) is 16.0 Å². The van der Waals surface area contributed by atoms with Crippen molar-refractivity contribution < 1.29 is 14.3 Å². The summed E-state index contributed by atoms with van der Waals surface area (Å²) in [5, 5.41) is 4.04. The Morgan fingerprint density at radius 2 is 2.10 bits per heavy atom. The molecular weight excluding hydrogens is 290 g/mol. The highest BCUT2D eigenvalue weighted by molar-refractivity contribution is 7.08. The Bertz CT molecular complexity index is 497. The molecular formula is C14H21N3O3S. The number of nitrogens with zero attached hydrogens (tertiary/aromatic N) is 3. The average molecular weight is 311 g/mol. The van der Waals surface area contributed by atoms with Crippen LogP contribution in [0.4, 0.5) is 0 Å². The van der Waals surface area contributed by atoms with Gasteiger partial charge in [-0.15, -0.1) is 5.10 Å². The number of ether oxygens (including phenoxy) is 1. The maximum absolute atomic E-state index is 12.8. The van der Waals surface area contributed by atoms with Gasteiger partial charge in [0.1, 0.15) is 11.4 Å². The van der Waals surface area contributed by atoms with Crippen LogP contribution in [0.25, 0.3) is 0 Å². The fourth-order valence-electron chi connectivity index (χ4n) is 2.69. The second-order valence-electron chi connectivity index (χ2n) is 5.25. The molecule has 0 unspecified atom stereocenters. The van der Waals surface area contributed by atoms with E-state index in [9.17, 15) is 9.59 Å². The van der Waals surface area contributed by atoms with E-state index in [4.69, 9.17) is 4.74 Å². The normalized spacial score (nSPS) is 15.1. The van der Waals surface area contributed by atoms with Gasteiger partial charge in [-0.1, -0.05) is 30.7 Å². The fraction of sp³-hybridized carbons (Fsp3) is 0.714. The molecule has 0 radical (unpaired) electrons. The Balaban J connectivity index is 2.19. The number of amides is 1. The Hall–Kier alpha value is -1.50. The molecule has 1 aromatic heterocycles. The second kappa shape index (κ2) is 7.49. The molecule has 0 aromatic carbocycles. The molecule has 1 amide bonds. The largest absolute Gasteiger partial charge is 0.468 e. The van der Waals surface area contributed by atoms with Gasteiger partial charge in [-0.05, 0) is 30.8 Å². The number of hydrogen-bond acceptors (Lipinski definition) is 6. The van der Waals surface area contributed by atoms with E-state index in [1.165, 1.54) is 7.11 Å². The van der Waals surface area contributed by atoms with Crippen LogP contribution in [0, 0.1) is 0 Å². The minimum Gasteiger partial charge on any atom is -0.468 e. The summed E-state index contributed by atoms with van der Waals surface area (Å²) in [6.07, 6.45) is 5.72. The molecule has 0 aliphatic heterocycles. The monoisotopic (exact) mass is 311 g/mol. The Labute approximate surface area is 128 Å². The summed E-state index contributed by atoms with van der Waals surface area (Å²) in [6, 6.07) is 0.119. The maximum Gasteiger partial charge on any atom is 0.325 e. The van der Waals surface area contributed by atoms with Crippen LogP contribution in [-0.4, -0.2) is 46.1 Å². The predicted octanol–water partition coefficient (Wildman–Crippen LogP) is 2.05. The second-order valence-corrected chi connectivity index (χ2v) is 6.00. The third-order valence-corrected chi connectivity index (χ3v) is 4.55. The van der Waals surface area contributed by atoms with Gasteiger partial charge in [-0.25, -0.2) is 0 Å². The Morgan fingerprint density at radius 1 is 1.38 bits per heavy atom. The van der Waals surface area contributed by atoms with Crippen molar-refractivity contribution in [3.05, 3.63) is 10.6 Å². The van der Waals surface area contributed by atoms with E-state index in [1.54, 1.807) is 4.90 Å². The van der Waals surface area contributed by atoms with E-state index in [2.05, 4.69) is 9.59 Å². The molecule has 116 valence electrons. The van der Waals surface area contributed by atoms with Crippen LogP contribution in [0.1, 0.15) is 54.4 Å². The molecule has 21 heavy (non-hydrogen) atoms. The molecule has 6 nitrogen and oxygen atoms in total. The lowest BCUT2D eigenvalue weighted by Gasteiger charge is -2.27. The Morgan fingerprint density at radius 3 is 2.71 bits per heavy atom. The summed E-state index contributed by atoms with van der Waals surface area (Å²) in [7, 11) is 1.34. The van der Waals surface area contributed by atoms with Gasteiger partial charge in [0, 0.05) is 6.04 Å². The summed E-state index contributed by atoms with van der Waals surface area (Å²) < 4.78 is 8.62. The number of aryl methyl sites for hydroxylation is 1. The van der Waals surface area contributed by atoms with Gasteiger partial charge in [0.15, 0.2) is 0 Å². The number of carbonyl (C=O) groups is 2. The molecule has 1 aliphatic carbocycles. The molecule has 2 rings (SSSR count). The third-order valence-electron chi connectivity index (χ3n) is 3.79. The zero-order chi connectivity index (χ0) is 15.2. The van der Waals surface area contributed by atoms with E-state index in [-0.39, 0.29) is 24.5 Å². The molecule has 0 N–H and O–H groups in total. The topological polar surface area (TPSA) is 72.4 Å². The number of methoxy groups -OCH3 is 1. The fourth-order valence-corrected chi connectivity index (χ4v) is 3.35. The van der Waals surface area contributed by atoms with Gasteiger partial charge in [0.2, 0.25) is 0 Å². The SMILES string of the molecule is CCCc1nnsc1C(=O)N(CC(=O)OC)C1CCCC1. The first kappa shape index (κ1) is 15.9. The molecule has 0 spiro atoms. The van der Waals surface area contributed by atoms with Crippen molar-refractivity contribution in [1.29, 1.82) is 0 Å². The van der Waals surface area contributed by atoms with Crippen molar-refractivity contribution in [3.8, 4) is 0 Å². The van der Waals surface area contributed by atoms with E-state index >= 15 is 0 Å². The van der Waals surface area contributed by atoms with Crippen LogP contribution < -0.4 is 0 Å². The molecule has 1 heterocycles. The highest BCUT2D eigenvalue weighted by Gasteiger charge is 2.31. The smallest absolute Gasteiger partial charge is 0.325 e. The molecule has 1 aromatic rings. The first-order valence-corrected chi connectivity index (χ1v) is 8.13. The quantitative estimate of drug-likeness (QED) is 0.752. The van der Waals surface area contributed by atoms with Gasteiger partial charge in [-0.3, -0.25) is 9.59 Å². The molecule has 0 atom stereocenters. The molecule has 1 aliphatic rings. The minimum absolute atomic E-state index is 0.00344. The van der Waals surface area contributed by atoms with Gasteiger partial charge >= 0.3 is 5.97 Å². The van der Waals surface area contributed by atoms with Crippen LogP contribution in [0.2, 0.25) is 0 Å². The average Bonchev–Trinajstić information content (AvgIpc) is 3.15. The number of aromatic nitrogens is 2. The minimum atomic E-state index is -0.384. The Kier molecular flexibility index (Phi) is 5.67. The standard InChI is InChI=1S/C14H21N3O3S/c1-3-6-11-13(21-16-15-11)14(19)17(9-12(18)20-2)10-7-4-5-8-10/h10H,3-9H2,1-2H3. The summed E-state index contributed by atoms with van der Waals surface area (Å²) in [4.78, 5) is 26.6. The number of esters is 1. The van der Waals surface area contributed by atoms with Crippen LogP contribution in [0.15, 0.2) is 0 Å². The summed E-state index contributed by atoms with van der Waals surface area (Å²) in [6.45, 7) is 2.04. The van der Waals surface area contributed by atoms with Crippen molar-refractivity contribution in [2.24, 2.45) is 0 Å². The van der Waals surface area contributed by atoms with E-state index in [0.717, 1.165) is 55.8 Å². The summed E-state index contributed by atoms with van der Waals surface area (Å²) >= 11 is 1.11. The first-order valence-electron chi connectivity index (χ1n) is 7.36. The molecule has 1 fully saturated rings. The summed E-state index contributed by atoms with van der Waals surface area (Å²) in [5.74, 6) is -0.518. The lowest BCUT2D eigenvalue weighted by molar-refractivity contribution is -0.141. The first-order chi connectivity index (χ1) is 10.2. The van der Waals surface area contributed by atoms with Crippen molar-refractivity contribution in [1.82, 2.24) is 14.5 Å². The van der Waals surface area contributed by atoms with Crippen LogP contribution >= 0.6 is 11.5 Å². The van der Waals surface area contributed by atoms with E-state index in [1.807, 2.05) is 6.92 Å². The van der Waals surface area contributed by atoms with E-state index < -0.39 is 0 Å². The van der Waals surface area contributed by atoms with Gasteiger partial charge < -0.3 is 9.64 Å². The van der Waals surface area contributed by atoms with Gasteiger partial charge in [0.05, 0.1) is 12.8 Å². The number of carbonyl (C=O) groups excluding carboxylic acids is 2. The molecule has 1 saturated carbocycles. The third kappa shape index (κ3) is 3.78. The van der Waals surface area contributed by atoms with Crippen molar-refractivity contribution in [2.45, 2.75) is 51.5 Å². The van der Waals surface area contributed by atoms with Crippen LogP contribution in [0.5, 0.6) is 0 Å². The van der Waals surface area contributed by atoms with Crippen molar-refractivity contribution >= 4 is 23.4 Å². The number of hydrogen-bond donors (Lipinski definition) is 0. The molecule has 7 heteroatoms. The van der Waals surface area contributed by atoms with Crippen molar-refractivity contribution in [3.63, 3.8) is 0 Å². The van der Waals surface area contributed by atoms with Gasteiger partial charge in [0.25, 0.3) is 5.91 Å². The van der Waals surface area contributed by atoms with Crippen molar-refractivity contribution in [2.75, 3.05) is 13.7 Å². The molecule has 0 saturated heterocycles.